The van der Waals surface area contributed by atoms with Gasteiger partial charge in [0.1, 0.15) is 0 Å². The van der Waals surface area contributed by atoms with Crippen LogP contribution in [0.4, 0.5) is 0 Å². The number of hydrogen-bond donors (Lipinski definition) is 0. The molecule has 3 fully saturated rings. The van der Waals surface area contributed by atoms with E-state index < -0.39 is 0 Å². The fourth-order valence-electron chi connectivity index (χ4n) is 4.20. The largest absolute Gasteiger partial charge is 0.381 e. The average Bonchev–Trinajstić information content (AvgIpc) is 3.22. The van der Waals surface area contributed by atoms with Gasteiger partial charge < -0.3 is 14.4 Å². The topological polar surface area (TPSA) is 38.8 Å². The lowest BCUT2D eigenvalue weighted by Crippen LogP contribution is -2.61. The molecule has 1 aliphatic carbocycles. The molecule has 128 valence electrons. The molecule has 5 heteroatoms. The summed E-state index contributed by atoms with van der Waals surface area (Å²) in [5.41, 5.74) is 0. The third-order valence-corrected chi connectivity index (χ3v) is 7.29. The van der Waals surface area contributed by atoms with Gasteiger partial charge in [0.25, 0.3) is 0 Å². The molecule has 0 aromatic rings. The second-order valence-electron chi connectivity index (χ2n) is 7.54. The van der Waals surface area contributed by atoms with Crippen LogP contribution in [0, 0.1) is 11.8 Å². The highest BCUT2D eigenvalue weighted by Crippen LogP contribution is 2.46. The third kappa shape index (κ3) is 3.47. The summed E-state index contributed by atoms with van der Waals surface area (Å²) in [6.07, 6.45) is 9.94. The molecule has 0 bridgehead atoms. The minimum absolute atomic E-state index is 0.222. The van der Waals surface area contributed by atoms with Crippen LogP contribution in [-0.4, -0.2) is 60.3 Å². The number of hydrogen-bond acceptors (Lipinski definition) is 4. The summed E-state index contributed by atoms with van der Waals surface area (Å²) in [7, 11) is 0. The number of carbonyl (C=O) groups is 1. The van der Waals surface area contributed by atoms with Crippen molar-refractivity contribution in [3.63, 3.8) is 0 Å². The molecule has 1 amide bonds. The van der Waals surface area contributed by atoms with Gasteiger partial charge in [-0.05, 0) is 38.0 Å². The zero-order valence-electron chi connectivity index (χ0n) is 13.7. The highest BCUT2D eigenvalue weighted by molar-refractivity contribution is 8.01. The smallest absolute Gasteiger partial charge is 0.226 e. The molecular formula is C18H27NO3S. The Bertz CT molecular complexity index is 461. The summed E-state index contributed by atoms with van der Waals surface area (Å²) in [6.45, 7) is 4.55. The van der Waals surface area contributed by atoms with Crippen molar-refractivity contribution < 1.29 is 14.3 Å². The Balaban J connectivity index is 1.19. The summed E-state index contributed by atoms with van der Waals surface area (Å²) in [5, 5.41) is 0. The fourth-order valence-corrected chi connectivity index (χ4v) is 5.75. The second kappa shape index (κ2) is 6.77. The molecule has 3 aliphatic heterocycles. The van der Waals surface area contributed by atoms with Gasteiger partial charge in [0.2, 0.25) is 5.91 Å². The van der Waals surface area contributed by atoms with Crippen molar-refractivity contribution in [3.05, 3.63) is 12.2 Å². The summed E-state index contributed by atoms with van der Waals surface area (Å²) in [5.74, 6) is 2.36. The van der Waals surface area contributed by atoms with Gasteiger partial charge in [-0.15, -0.1) is 11.8 Å². The number of ether oxygens (including phenoxy) is 2. The van der Waals surface area contributed by atoms with Gasteiger partial charge in [0.15, 0.2) is 0 Å². The molecule has 0 aromatic heterocycles. The van der Waals surface area contributed by atoms with Gasteiger partial charge in [0.05, 0.1) is 10.9 Å². The first-order valence-corrected chi connectivity index (χ1v) is 10.00. The number of nitrogens with zero attached hydrogens (tertiary/aromatic N) is 1. The average molecular weight is 337 g/mol. The molecule has 0 radical (unpaired) electrons. The summed E-state index contributed by atoms with van der Waals surface area (Å²) in [6, 6.07) is 0. The van der Waals surface area contributed by atoms with E-state index in [1.54, 1.807) is 0 Å². The van der Waals surface area contributed by atoms with E-state index in [4.69, 9.17) is 9.47 Å². The van der Waals surface area contributed by atoms with E-state index in [9.17, 15) is 4.79 Å². The molecule has 4 nitrogen and oxygen atoms in total. The third-order valence-electron chi connectivity index (χ3n) is 5.71. The molecular weight excluding hydrogens is 310 g/mol. The summed E-state index contributed by atoms with van der Waals surface area (Å²) < 4.78 is 11.9. The molecule has 0 unspecified atom stereocenters. The Morgan fingerprint density at radius 1 is 1.26 bits per heavy atom. The second-order valence-corrected chi connectivity index (χ2v) is 9.03. The van der Waals surface area contributed by atoms with Crippen LogP contribution in [-0.2, 0) is 14.3 Å². The highest BCUT2D eigenvalue weighted by atomic mass is 32.2. The van der Waals surface area contributed by atoms with Crippen molar-refractivity contribution in [2.75, 3.05) is 38.7 Å². The monoisotopic (exact) mass is 337 g/mol. The van der Waals surface area contributed by atoms with Crippen molar-refractivity contribution in [1.82, 2.24) is 4.90 Å². The molecule has 0 N–H and O–H groups in total. The van der Waals surface area contributed by atoms with Gasteiger partial charge in [-0.2, -0.15) is 0 Å². The van der Waals surface area contributed by atoms with Gasteiger partial charge in [-0.25, -0.2) is 0 Å². The standard InChI is InChI=1S/C18H27NO3S/c20-17(15-3-1-2-4-15)19-12-18(13-19)9-16(11-23-18)22-10-14-5-7-21-8-6-14/h1-2,14-16H,3-13H2/t16-/m0/s1. The van der Waals surface area contributed by atoms with Gasteiger partial charge in [0, 0.05) is 44.6 Å². The van der Waals surface area contributed by atoms with Crippen LogP contribution in [0.25, 0.3) is 0 Å². The van der Waals surface area contributed by atoms with Gasteiger partial charge >= 0.3 is 0 Å². The van der Waals surface area contributed by atoms with Crippen LogP contribution in [0.2, 0.25) is 0 Å². The SMILES string of the molecule is O=C(C1CC=CC1)N1CC2(C[C@H](OCC3CCOCC3)CS2)C1. The number of amides is 1. The summed E-state index contributed by atoms with van der Waals surface area (Å²) in [4.78, 5) is 14.5. The molecule has 0 saturated carbocycles. The zero-order chi connectivity index (χ0) is 15.7. The van der Waals surface area contributed by atoms with Crippen LogP contribution in [0.15, 0.2) is 12.2 Å². The minimum Gasteiger partial charge on any atom is -0.381 e. The molecule has 3 saturated heterocycles. The first-order valence-electron chi connectivity index (χ1n) is 9.01. The molecule has 4 aliphatic rings. The Labute approximate surface area is 143 Å². The van der Waals surface area contributed by atoms with Crippen molar-refractivity contribution >= 4 is 17.7 Å². The van der Waals surface area contributed by atoms with Crippen LogP contribution >= 0.6 is 11.8 Å². The van der Waals surface area contributed by atoms with Crippen molar-refractivity contribution in [1.29, 1.82) is 0 Å². The maximum absolute atomic E-state index is 12.4. The lowest BCUT2D eigenvalue weighted by molar-refractivity contribution is -0.140. The first kappa shape index (κ1) is 16.0. The zero-order valence-corrected chi connectivity index (χ0v) is 14.6. The molecule has 1 spiro atoms. The van der Waals surface area contributed by atoms with Crippen molar-refractivity contribution in [2.24, 2.45) is 11.8 Å². The van der Waals surface area contributed by atoms with E-state index >= 15 is 0 Å². The molecule has 0 aromatic carbocycles. The lowest BCUT2D eigenvalue weighted by Gasteiger charge is -2.48. The van der Waals surface area contributed by atoms with Gasteiger partial charge in [-0.1, -0.05) is 12.2 Å². The Morgan fingerprint density at radius 3 is 2.74 bits per heavy atom. The predicted molar refractivity (Wildman–Crippen MR) is 91.5 cm³/mol. The van der Waals surface area contributed by atoms with Crippen LogP contribution in [0.1, 0.15) is 32.1 Å². The molecule has 4 rings (SSSR count). The fraction of sp³-hybridized carbons (Fsp3) is 0.833. The number of allylic oxidation sites excluding steroid dienone is 2. The first-order chi connectivity index (χ1) is 11.2. The molecule has 23 heavy (non-hydrogen) atoms. The van der Waals surface area contributed by atoms with E-state index in [1.807, 2.05) is 11.8 Å². The van der Waals surface area contributed by atoms with Crippen LogP contribution < -0.4 is 0 Å². The van der Waals surface area contributed by atoms with Crippen molar-refractivity contribution in [2.45, 2.75) is 43.0 Å². The number of likely N-dealkylation sites (tertiary alicyclic amines) is 1. The summed E-state index contributed by atoms with van der Waals surface area (Å²) >= 11 is 2.03. The normalized spacial score (nSPS) is 31.0. The number of thioether (sulfide) groups is 1. The van der Waals surface area contributed by atoms with E-state index in [1.165, 1.54) is 0 Å². The van der Waals surface area contributed by atoms with E-state index in [0.29, 0.717) is 22.7 Å². The number of carbonyl (C=O) groups excluding carboxylic acids is 1. The van der Waals surface area contributed by atoms with Crippen LogP contribution in [0.3, 0.4) is 0 Å². The predicted octanol–water partition coefficient (Wildman–Crippen LogP) is 2.48. The maximum atomic E-state index is 12.4. The lowest BCUT2D eigenvalue weighted by atomic mass is 9.91. The maximum Gasteiger partial charge on any atom is 0.226 e. The molecule has 3 heterocycles. The van der Waals surface area contributed by atoms with E-state index in [0.717, 1.165) is 70.8 Å². The molecule has 1 atom stereocenters. The van der Waals surface area contributed by atoms with Crippen molar-refractivity contribution in [3.8, 4) is 0 Å². The Hall–Kier alpha value is -0.520. The van der Waals surface area contributed by atoms with E-state index in [2.05, 4.69) is 17.1 Å². The highest BCUT2D eigenvalue weighted by Gasteiger charge is 2.51. The van der Waals surface area contributed by atoms with Crippen LogP contribution in [0.5, 0.6) is 0 Å². The minimum atomic E-state index is 0.222. The van der Waals surface area contributed by atoms with E-state index in [-0.39, 0.29) is 5.92 Å². The number of rotatable bonds is 4. The van der Waals surface area contributed by atoms with Gasteiger partial charge in [-0.3, -0.25) is 4.79 Å². The Kier molecular flexibility index (Phi) is 4.70. The Morgan fingerprint density at radius 2 is 2.00 bits per heavy atom. The quantitative estimate of drug-likeness (QED) is 0.739.